The van der Waals surface area contributed by atoms with Crippen molar-refractivity contribution < 1.29 is 18.8 Å². The van der Waals surface area contributed by atoms with E-state index in [0.29, 0.717) is 36.9 Å². The Bertz CT molecular complexity index is 2300. The van der Waals surface area contributed by atoms with Crippen LogP contribution in [0, 0.1) is 17.1 Å². The second kappa shape index (κ2) is 12.2. The highest BCUT2D eigenvalue weighted by molar-refractivity contribution is 6.35. The van der Waals surface area contributed by atoms with Crippen LogP contribution in [0.2, 0.25) is 10.0 Å². The highest BCUT2D eigenvalue weighted by atomic mass is 35.5. The second-order valence-electron chi connectivity index (χ2n) is 13.4. The molecule has 0 unspecified atom stereocenters. The van der Waals surface area contributed by atoms with Gasteiger partial charge in [-0.05, 0) is 68.0 Å². The normalized spacial score (nSPS) is 19.1. The van der Waals surface area contributed by atoms with E-state index in [1.807, 2.05) is 36.4 Å². The van der Waals surface area contributed by atoms with Gasteiger partial charge in [-0.1, -0.05) is 47.5 Å². The average molecular weight is 738 g/mol. The van der Waals surface area contributed by atoms with Crippen LogP contribution in [0.5, 0.6) is 0 Å². The van der Waals surface area contributed by atoms with Gasteiger partial charge in [0, 0.05) is 30.6 Å². The van der Waals surface area contributed by atoms with E-state index < -0.39 is 34.2 Å². The molecule has 2 N–H and O–H groups in total. The van der Waals surface area contributed by atoms with Crippen LogP contribution < -0.4 is 15.5 Å². The van der Waals surface area contributed by atoms with Gasteiger partial charge in [0.25, 0.3) is 11.8 Å². The largest absolute Gasteiger partial charge is 0.343 e. The number of nitriles is 1. The predicted molar refractivity (Wildman–Crippen MR) is 186 cm³/mol. The number of imidazole rings is 1. The number of anilines is 2. The number of hydrogen-bond acceptors (Lipinski definition) is 9. The van der Waals surface area contributed by atoms with Gasteiger partial charge in [-0.25, -0.2) is 24.2 Å². The maximum Gasteiger partial charge on any atom is 0.270 e. The van der Waals surface area contributed by atoms with Crippen molar-refractivity contribution in [2.45, 2.75) is 55.6 Å². The van der Waals surface area contributed by atoms with Crippen LogP contribution in [-0.4, -0.2) is 53.0 Å². The van der Waals surface area contributed by atoms with Gasteiger partial charge in [0.15, 0.2) is 5.82 Å². The smallest absolute Gasteiger partial charge is 0.270 e. The van der Waals surface area contributed by atoms with E-state index in [2.05, 4.69) is 35.8 Å². The molecular formula is C36H27Cl2FN10O3. The molecule has 4 heterocycles. The maximum atomic E-state index is 14.5. The van der Waals surface area contributed by atoms with Crippen molar-refractivity contribution in [2.75, 3.05) is 4.90 Å². The van der Waals surface area contributed by atoms with Crippen LogP contribution in [0.25, 0.3) is 11.1 Å². The molecule has 0 saturated heterocycles. The summed E-state index contributed by atoms with van der Waals surface area (Å²) in [7, 11) is 0. The van der Waals surface area contributed by atoms with E-state index >= 15 is 0 Å². The number of fused-ring (bicyclic) bond motifs is 1. The minimum Gasteiger partial charge on any atom is -0.343 e. The SMILES string of the molecule is C[C@@]1(Cc2ccc(-c3cnc(C#N)nc3)cc2)C(=O)N(c2cc(Cl)c(F)c(Cl)c2)c2ncc(C(=O)NC3(C(=O)NC4(c5cccnn5)CC4)CC3)n21. The van der Waals surface area contributed by atoms with Crippen molar-refractivity contribution in [3.8, 4) is 17.2 Å². The van der Waals surface area contributed by atoms with Gasteiger partial charge in [-0.15, -0.1) is 0 Å². The summed E-state index contributed by atoms with van der Waals surface area (Å²) in [4.78, 5) is 56.1. The third-order valence-electron chi connectivity index (χ3n) is 9.85. The standard InChI is InChI=1S/C36H27Cl2FN10O3/c1-34(15-20-4-6-21(7-5-20)22-17-41-28(16-40)42-18-22)32(52)48(23-13-24(37)29(39)25(38)14-23)33-43-19-26(49(33)34)30(50)45-36(10-11-36)31(51)46-35(8-9-35)27-3-2-12-44-47-27/h2-7,12-14,17-19H,8-11,15H2,1H3,(H,45,50)(H,46,51)/t34-/m1/s1. The summed E-state index contributed by atoms with van der Waals surface area (Å²) < 4.78 is 16.0. The molecule has 1 aliphatic heterocycles. The van der Waals surface area contributed by atoms with E-state index in [0.717, 1.165) is 11.1 Å². The number of rotatable bonds is 9. The third-order valence-corrected chi connectivity index (χ3v) is 10.4. The number of halogens is 3. The van der Waals surface area contributed by atoms with Crippen molar-refractivity contribution in [2.24, 2.45) is 0 Å². The molecule has 0 spiro atoms. The zero-order valence-electron chi connectivity index (χ0n) is 27.4. The number of nitrogens with zero attached hydrogens (tertiary/aromatic N) is 8. The highest BCUT2D eigenvalue weighted by Gasteiger charge is 2.57. The van der Waals surface area contributed by atoms with E-state index in [9.17, 15) is 18.8 Å². The van der Waals surface area contributed by atoms with E-state index in [-0.39, 0.29) is 45.5 Å². The van der Waals surface area contributed by atoms with Crippen LogP contribution in [0.4, 0.5) is 16.0 Å². The maximum absolute atomic E-state index is 14.5. The van der Waals surface area contributed by atoms with Gasteiger partial charge in [0.05, 0.1) is 33.2 Å². The number of benzene rings is 2. The molecule has 0 radical (unpaired) electrons. The Morgan fingerprint density at radius 2 is 1.65 bits per heavy atom. The predicted octanol–water partition coefficient (Wildman–Crippen LogP) is 5.15. The van der Waals surface area contributed by atoms with Crippen LogP contribution in [0.1, 0.15) is 60.2 Å². The molecule has 52 heavy (non-hydrogen) atoms. The molecule has 2 fully saturated rings. The van der Waals surface area contributed by atoms with Gasteiger partial charge >= 0.3 is 0 Å². The van der Waals surface area contributed by atoms with E-state index in [1.165, 1.54) is 27.8 Å². The van der Waals surface area contributed by atoms with Gasteiger partial charge < -0.3 is 10.6 Å². The molecule has 8 rings (SSSR count). The Labute approximate surface area is 305 Å². The lowest BCUT2D eigenvalue weighted by molar-refractivity contribution is -0.125. The van der Waals surface area contributed by atoms with Crippen molar-refractivity contribution in [3.05, 3.63) is 112 Å². The van der Waals surface area contributed by atoms with Crippen LogP contribution >= 0.6 is 23.2 Å². The summed E-state index contributed by atoms with van der Waals surface area (Å²) in [5, 5.41) is 22.6. The zero-order chi connectivity index (χ0) is 36.4. The number of aromatic nitrogens is 6. The Kier molecular flexibility index (Phi) is 7.81. The molecule has 3 aliphatic rings. The van der Waals surface area contributed by atoms with Crippen molar-refractivity contribution in [3.63, 3.8) is 0 Å². The summed E-state index contributed by atoms with van der Waals surface area (Å²) in [6, 6.07) is 15.4. The number of hydrogen-bond donors (Lipinski definition) is 2. The van der Waals surface area contributed by atoms with Gasteiger partial charge in [0.2, 0.25) is 17.7 Å². The molecule has 1 atom stereocenters. The van der Waals surface area contributed by atoms with Crippen LogP contribution in [-0.2, 0) is 27.1 Å². The summed E-state index contributed by atoms with van der Waals surface area (Å²) >= 11 is 12.3. The Morgan fingerprint density at radius 1 is 0.962 bits per heavy atom. The number of carbonyl (C=O) groups is 3. The van der Waals surface area contributed by atoms with E-state index in [4.69, 9.17) is 28.5 Å². The molecule has 2 saturated carbocycles. The lowest BCUT2D eigenvalue weighted by Gasteiger charge is -2.27. The topological polar surface area (TPSA) is 172 Å². The molecule has 260 valence electrons. The lowest BCUT2D eigenvalue weighted by Crippen LogP contribution is -2.52. The number of nitrogens with one attached hydrogen (secondary N) is 2. The van der Waals surface area contributed by atoms with Gasteiger partial charge in [-0.2, -0.15) is 15.5 Å². The van der Waals surface area contributed by atoms with Crippen LogP contribution in [0.3, 0.4) is 0 Å². The fourth-order valence-electron chi connectivity index (χ4n) is 6.66. The third kappa shape index (κ3) is 5.53. The first kappa shape index (κ1) is 33.4. The van der Waals surface area contributed by atoms with Crippen molar-refractivity contribution >= 4 is 52.6 Å². The summed E-state index contributed by atoms with van der Waals surface area (Å²) in [5.74, 6) is -2.07. The Morgan fingerprint density at radius 3 is 2.25 bits per heavy atom. The lowest BCUT2D eigenvalue weighted by atomic mass is 9.90. The molecule has 2 aliphatic carbocycles. The second-order valence-corrected chi connectivity index (χ2v) is 14.2. The fraction of sp³-hybridized carbons (Fsp3) is 0.250. The zero-order valence-corrected chi connectivity index (χ0v) is 28.9. The summed E-state index contributed by atoms with van der Waals surface area (Å²) in [5.41, 5.74) is -0.100. The van der Waals surface area contributed by atoms with Crippen molar-refractivity contribution in [1.29, 1.82) is 5.26 Å². The first-order valence-corrected chi connectivity index (χ1v) is 17.0. The minimum atomic E-state index is -1.42. The molecule has 3 aromatic heterocycles. The number of carbonyl (C=O) groups excluding carboxylic acids is 3. The van der Waals surface area contributed by atoms with Crippen LogP contribution in [0.15, 0.2) is 73.3 Å². The molecule has 16 heteroatoms. The minimum absolute atomic E-state index is 0.0492. The Balaban J connectivity index is 1.12. The first-order valence-electron chi connectivity index (χ1n) is 16.3. The average Bonchev–Trinajstić information content (AvgIpc) is 4.06. The molecular weight excluding hydrogens is 710 g/mol. The van der Waals surface area contributed by atoms with Gasteiger partial charge in [0.1, 0.15) is 22.8 Å². The molecule has 5 aromatic rings. The Hall–Kier alpha value is -5.78. The molecule has 2 aromatic carbocycles. The summed E-state index contributed by atoms with van der Waals surface area (Å²) in [6.07, 6.45) is 8.38. The molecule has 0 bridgehead atoms. The molecule has 13 nitrogen and oxygen atoms in total. The number of amides is 3. The first-order chi connectivity index (χ1) is 25.0. The quantitative estimate of drug-likeness (QED) is 0.194. The van der Waals surface area contributed by atoms with Crippen molar-refractivity contribution in [1.82, 2.24) is 40.3 Å². The monoisotopic (exact) mass is 736 g/mol. The van der Waals surface area contributed by atoms with E-state index in [1.54, 1.807) is 31.6 Å². The fourth-order valence-corrected chi connectivity index (χ4v) is 7.13. The molecule has 3 amide bonds. The highest BCUT2D eigenvalue weighted by Crippen LogP contribution is 2.47. The van der Waals surface area contributed by atoms with Gasteiger partial charge in [-0.3, -0.25) is 19.0 Å². The summed E-state index contributed by atoms with van der Waals surface area (Å²) in [6.45, 7) is 1.68.